The number of hydrogen-bond acceptors (Lipinski definition) is 3. The summed E-state index contributed by atoms with van der Waals surface area (Å²) in [7, 11) is 0. The van der Waals surface area contributed by atoms with Crippen LogP contribution < -0.4 is 15.4 Å². The molecule has 3 aromatic carbocycles. The van der Waals surface area contributed by atoms with E-state index in [0.29, 0.717) is 11.3 Å². The normalized spacial score (nSPS) is 10.3. The van der Waals surface area contributed by atoms with Crippen LogP contribution in [0.25, 0.3) is 0 Å². The highest BCUT2D eigenvalue weighted by molar-refractivity contribution is 6.06. The average molecular weight is 396 g/mol. The minimum absolute atomic E-state index is 0.0407. The van der Waals surface area contributed by atoms with E-state index in [4.69, 9.17) is 4.74 Å². The standard InChI is InChI=1S/C22H18F2N2O3/c1-14-12-15(23)10-11-18(14)26-22(28)16-6-2-5-9-20(16)29-13-21(27)25-19-8-4-3-7-17(19)24/h2-12H,13H2,1H3,(H,25,27)(H,26,28). The van der Waals surface area contributed by atoms with Gasteiger partial charge in [0.2, 0.25) is 0 Å². The smallest absolute Gasteiger partial charge is 0.262 e. The minimum Gasteiger partial charge on any atom is -0.483 e. The Balaban J connectivity index is 1.67. The molecule has 0 atom stereocenters. The predicted molar refractivity (Wildman–Crippen MR) is 106 cm³/mol. The van der Waals surface area contributed by atoms with Crippen molar-refractivity contribution in [3.63, 3.8) is 0 Å². The molecule has 29 heavy (non-hydrogen) atoms. The van der Waals surface area contributed by atoms with Crippen molar-refractivity contribution in [1.29, 1.82) is 0 Å². The van der Waals surface area contributed by atoms with Crippen LogP contribution in [-0.4, -0.2) is 18.4 Å². The number of halogens is 2. The van der Waals surface area contributed by atoms with E-state index in [1.807, 2.05) is 0 Å². The summed E-state index contributed by atoms with van der Waals surface area (Å²) in [5, 5.41) is 5.10. The van der Waals surface area contributed by atoms with Gasteiger partial charge in [-0.3, -0.25) is 9.59 Å². The summed E-state index contributed by atoms with van der Waals surface area (Å²) >= 11 is 0. The summed E-state index contributed by atoms with van der Waals surface area (Å²) in [6.07, 6.45) is 0. The van der Waals surface area contributed by atoms with E-state index in [-0.39, 0.29) is 17.0 Å². The molecule has 0 saturated heterocycles. The number of carbonyl (C=O) groups excluding carboxylic acids is 2. The van der Waals surface area contributed by atoms with Crippen molar-refractivity contribution in [2.24, 2.45) is 0 Å². The molecule has 0 unspecified atom stereocenters. The van der Waals surface area contributed by atoms with Crippen LogP contribution in [-0.2, 0) is 4.79 Å². The van der Waals surface area contributed by atoms with Gasteiger partial charge in [-0.1, -0.05) is 24.3 Å². The molecule has 5 nitrogen and oxygen atoms in total. The SMILES string of the molecule is Cc1cc(F)ccc1NC(=O)c1ccccc1OCC(=O)Nc1ccccc1F. The molecule has 0 spiro atoms. The molecule has 3 rings (SSSR count). The summed E-state index contributed by atoms with van der Waals surface area (Å²) in [5.41, 5.74) is 1.28. The van der Waals surface area contributed by atoms with Crippen molar-refractivity contribution in [3.8, 4) is 5.75 Å². The molecule has 0 aliphatic carbocycles. The highest BCUT2D eigenvalue weighted by atomic mass is 19.1. The van der Waals surface area contributed by atoms with Crippen LogP contribution in [0.15, 0.2) is 66.7 Å². The lowest BCUT2D eigenvalue weighted by atomic mass is 10.1. The number of para-hydroxylation sites is 2. The van der Waals surface area contributed by atoms with E-state index < -0.39 is 30.1 Å². The van der Waals surface area contributed by atoms with Crippen molar-refractivity contribution in [2.45, 2.75) is 6.92 Å². The first-order valence-electron chi connectivity index (χ1n) is 8.78. The Morgan fingerprint density at radius 3 is 2.38 bits per heavy atom. The van der Waals surface area contributed by atoms with Gasteiger partial charge in [0.25, 0.3) is 11.8 Å². The van der Waals surface area contributed by atoms with Crippen LogP contribution in [0.5, 0.6) is 5.75 Å². The fraction of sp³-hybridized carbons (Fsp3) is 0.0909. The number of ether oxygens (including phenoxy) is 1. The fourth-order valence-corrected chi connectivity index (χ4v) is 2.63. The average Bonchev–Trinajstić information content (AvgIpc) is 2.70. The van der Waals surface area contributed by atoms with Crippen molar-refractivity contribution >= 4 is 23.2 Å². The zero-order chi connectivity index (χ0) is 20.8. The van der Waals surface area contributed by atoms with Gasteiger partial charge in [-0.15, -0.1) is 0 Å². The Morgan fingerprint density at radius 2 is 1.62 bits per heavy atom. The first-order chi connectivity index (χ1) is 13.9. The third-order valence-corrected chi connectivity index (χ3v) is 4.08. The van der Waals surface area contributed by atoms with Crippen molar-refractivity contribution in [1.82, 2.24) is 0 Å². The number of rotatable bonds is 6. The quantitative estimate of drug-likeness (QED) is 0.643. The van der Waals surface area contributed by atoms with E-state index >= 15 is 0 Å². The Labute approximate surface area is 166 Å². The highest BCUT2D eigenvalue weighted by Crippen LogP contribution is 2.22. The molecule has 0 aliphatic heterocycles. The lowest BCUT2D eigenvalue weighted by Crippen LogP contribution is -2.22. The van der Waals surface area contributed by atoms with Gasteiger partial charge in [0.05, 0.1) is 11.3 Å². The van der Waals surface area contributed by atoms with Crippen molar-refractivity contribution < 1.29 is 23.1 Å². The molecular formula is C22H18F2N2O3. The number of amides is 2. The molecule has 0 fully saturated rings. The van der Waals surface area contributed by atoms with E-state index in [2.05, 4.69) is 10.6 Å². The minimum atomic E-state index is -0.570. The Bertz CT molecular complexity index is 1050. The maximum atomic E-state index is 13.6. The molecule has 2 N–H and O–H groups in total. The molecule has 2 amide bonds. The van der Waals surface area contributed by atoms with Gasteiger partial charge in [-0.05, 0) is 55.0 Å². The molecule has 0 heterocycles. The zero-order valence-corrected chi connectivity index (χ0v) is 15.5. The molecule has 7 heteroatoms. The van der Waals surface area contributed by atoms with E-state index in [1.165, 1.54) is 42.5 Å². The zero-order valence-electron chi connectivity index (χ0n) is 15.5. The fourth-order valence-electron chi connectivity index (χ4n) is 2.63. The van der Waals surface area contributed by atoms with E-state index in [9.17, 15) is 18.4 Å². The number of nitrogens with one attached hydrogen (secondary N) is 2. The summed E-state index contributed by atoms with van der Waals surface area (Å²) in [5.74, 6) is -1.81. The molecule has 3 aromatic rings. The van der Waals surface area contributed by atoms with Gasteiger partial charge >= 0.3 is 0 Å². The Hall–Kier alpha value is -3.74. The number of benzene rings is 3. The topological polar surface area (TPSA) is 67.4 Å². The summed E-state index contributed by atoms with van der Waals surface area (Å²) < 4.78 is 32.3. The summed E-state index contributed by atoms with van der Waals surface area (Å²) in [6.45, 7) is 1.27. The molecule has 0 radical (unpaired) electrons. The third kappa shape index (κ3) is 5.16. The number of aryl methyl sites for hydroxylation is 1. The lowest BCUT2D eigenvalue weighted by molar-refractivity contribution is -0.118. The monoisotopic (exact) mass is 396 g/mol. The van der Waals surface area contributed by atoms with Gasteiger partial charge < -0.3 is 15.4 Å². The van der Waals surface area contributed by atoms with Gasteiger partial charge in [0, 0.05) is 5.69 Å². The van der Waals surface area contributed by atoms with E-state index in [0.717, 1.165) is 0 Å². The van der Waals surface area contributed by atoms with Gasteiger partial charge in [0.1, 0.15) is 17.4 Å². The van der Waals surface area contributed by atoms with Crippen LogP contribution in [0.4, 0.5) is 20.2 Å². The van der Waals surface area contributed by atoms with Crippen LogP contribution >= 0.6 is 0 Å². The lowest BCUT2D eigenvalue weighted by Gasteiger charge is -2.13. The molecule has 148 valence electrons. The first-order valence-corrected chi connectivity index (χ1v) is 8.78. The molecule has 0 aromatic heterocycles. The van der Waals surface area contributed by atoms with Crippen LogP contribution in [0.2, 0.25) is 0 Å². The van der Waals surface area contributed by atoms with Crippen LogP contribution in [0.3, 0.4) is 0 Å². The first kappa shape index (κ1) is 20.0. The van der Waals surface area contributed by atoms with E-state index in [1.54, 1.807) is 31.2 Å². The summed E-state index contributed by atoms with van der Waals surface area (Å²) in [6, 6.07) is 16.2. The maximum Gasteiger partial charge on any atom is 0.262 e. The van der Waals surface area contributed by atoms with Crippen molar-refractivity contribution in [3.05, 3.63) is 89.5 Å². The van der Waals surface area contributed by atoms with Crippen LogP contribution in [0.1, 0.15) is 15.9 Å². The van der Waals surface area contributed by atoms with Gasteiger partial charge in [0.15, 0.2) is 6.61 Å². The Morgan fingerprint density at radius 1 is 0.897 bits per heavy atom. The second kappa shape index (κ2) is 8.97. The number of hydrogen-bond donors (Lipinski definition) is 2. The second-order valence-electron chi connectivity index (χ2n) is 6.23. The van der Waals surface area contributed by atoms with Crippen molar-refractivity contribution in [2.75, 3.05) is 17.2 Å². The maximum absolute atomic E-state index is 13.6. The van der Waals surface area contributed by atoms with Gasteiger partial charge in [-0.2, -0.15) is 0 Å². The molecular weight excluding hydrogens is 378 g/mol. The third-order valence-electron chi connectivity index (χ3n) is 4.08. The molecule has 0 bridgehead atoms. The number of anilines is 2. The largest absolute Gasteiger partial charge is 0.483 e. The summed E-state index contributed by atoms with van der Waals surface area (Å²) in [4.78, 5) is 24.7. The van der Waals surface area contributed by atoms with Crippen LogP contribution in [0, 0.1) is 18.6 Å². The highest BCUT2D eigenvalue weighted by Gasteiger charge is 2.15. The Kier molecular flexibility index (Phi) is 6.19. The molecule has 0 saturated carbocycles. The number of carbonyl (C=O) groups is 2. The molecule has 0 aliphatic rings. The second-order valence-corrected chi connectivity index (χ2v) is 6.23. The predicted octanol–water partition coefficient (Wildman–Crippen LogP) is 4.54. The van der Waals surface area contributed by atoms with Gasteiger partial charge in [-0.25, -0.2) is 8.78 Å².